The van der Waals surface area contributed by atoms with Crippen LogP contribution in [-0.2, 0) is 9.53 Å². The third-order valence-corrected chi connectivity index (χ3v) is 2.55. The minimum atomic E-state index is -0.387. The molecule has 1 aromatic rings. The first kappa shape index (κ1) is 15.2. The molecule has 1 aromatic carbocycles. The number of ether oxygens (including phenoxy) is 1. The number of rotatable bonds is 7. The third kappa shape index (κ3) is 5.52. The van der Waals surface area contributed by atoms with E-state index in [-0.39, 0.29) is 11.9 Å². The molecule has 0 aliphatic heterocycles. The van der Waals surface area contributed by atoms with Gasteiger partial charge in [-0.2, -0.15) is 0 Å². The van der Waals surface area contributed by atoms with Crippen LogP contribution in [0.25, 0.3) is 0 Å². The number of nitrogens with one attached hydrogen (secondary N) is 2. The molecule has 0 aliphatic rings. The fraction of sp³-hybridized carbons (Fsp3) is 0.429. The second kappa shape index (κ2) is 8.26. The number of hydrogen-bond acceptors (Lipinski definition) is 4. The number of esters is 1. The van der Waals surface area contributed by atoms with Gasteiger partial charge in [-0.3, -0.25) is 4.79 Å². The van der Waals surface area contributed by atoms with Crippen LogP contribution in [0.3, 0.4) is 0 Å². The number of anilines is 1. The van der Waals surface area contributed by atoms with Crippen LogP contribution in [0, 0.1) is 0 Å². The summed E-state index contributed by atoms with van der Waals surface area (Å²) < 4.78 is 4.60. The molecule has 0 spiro atoms. The molecular weight excluding hydrogens is 244 g/mol. The normalized spacial score (nSPS) is 10.0. The van der Waals surface area contributed by atoms with E-state index in [0.29, 0.717) is 24.2 Å². The Hall–Kier alpha value is -1.88. The van der Waals surface area contributed by atoms with Crippen LogP contribution >= 0.6 is 0 Å². The van der Waals surface area contributed by atoms with Crippen molar-refractivity contribution in [1.82, 2.24) is 5.32 Å². The van der Waals surface area contributed by atoms with Crippen LogP contribution in [-0.4, -0.2) is 32.1 Å². The van der Waals surface area contributed by atoms with Crippen LogP contribution in [0.5, 0.6) is 0 Å². The molecule has 0 heterocycles. The van der Waals surface area contributed by atoms with Gasteiger partial charge in [0.2, 0.25) is 5.91 Å². The molecule has 0 fully saturated rings. The maximum atomic E-state index is 11.6. The first-order valence-electron chi connectivity index (χ1n) is 6.36. The van der Waals surface area contributed by atoms with Gasteiger partial charge in [0, 0.05) is 18.7 Å². The smallest absolute Gasteiger partial charge is 0.337 e. The van der Waals surface area contributed by atoms with Gasteiger partial charge in [-0.05, 0) is 37.2 Å². The van der Waals surface area contributed by atoms with Crippen LogP contribution < -0.4 is 10.6 Å². The molecule has 1 amide bonds. The molecular formula is C14H20N2O3. The van der Waals surface area contributed by atoms with E-state index in [9.17, 15) is 9.59 Å². The SMILES string of the molecule is CCCNCCC(=O)Nc1ccc(C(=O)OC)cc1. The number of amides is 1. The third-order valence-electron chi connectivity index (χ3n) is 2.55. The fourth-order valence-corrected chi connectivity index (χ4v) is 1.53. The van der Waals surface area contributed by atoms with E-state index in [1.807, 2.05) is 0 Å². The van der Waals surface area contributed by atoms with Gasteiger partial charge >= 0.3 is 5.97 Å². The summed E-state index contributed by atoms with van der Waals surface area (Å²) in [4.78, 5) is 22.8. The lowest BCUT2D eigenvalue weighted by atomic mass is 10.2. The van der Waals surface area contributed by atoms with Gasteiger partial charge in [0.05, 0.1) is 12.7 Å². The molecule has 0 atom stereocenters. The summed E-state index contributed by atoms with van der Waals surface area (Å²) in [5, 5.41) is 5.93. The highest BCUT2D eigenvalue weighted by atomic mass is 16.5. The second-order valence-electron chi connectivity index (χ2n) is 4.12. The van der Waals surface area contributed by atoms with Crippen molar-refractivity contribution in [2.45, 2.75) is 19.8 Å². The Morgan fingerprint density at radius 3 is 2.42 bits per heavy atom. The number of hydrogen-bond donors (Lipinski definition) is 2. The van der Waals surface area contributed by atoms with E-state index in [4.69, 9.17) is 0 Å². The van der Waals surface area contributed by atoms with E-state index < -0.39 is 0 Å². The molecule has 104 valence electrons. The number of benzene rings is 1. The maximum absolute atomic E-state index is 11.6. The lowest BCUT2D eigenvalue weighted by molar-refractivity contribution is -0.116. The van der Waals surface area contributed by atoms with Crippen LogP contribution in [0.15, 0.2) is 24.3 Å². The zero-order valence-corrected chi connectivity index (χ0v) is 11.4. The quantitative estimate of drug-likeness (QED) is 0.582. The van der Waals surface area contributed by atoms with Gasteiger partial charge in [-0.15, -0.1) is 0 Å². The summed E-state index contributed by atoms with van der Waals surface area (Å²) in [6.45, 7) is 3.66. The van der Waals surface area contributed by atoms with Crippen molar-refractivity contribution >= 4 is 17.6 Å². The van der Waals surface area contributed by atoms with Gasteiger partial charge in [0.1, 0.15) is 0 Å². The monoisotopic (exact) mass is 264 g/mol. The largest absolute Gasteiger partial charge is 0.465 e. The van der Waals surface area contributed by atoms with E-state index in [0.717, 1.165) is 13.0 Å². The Labute approximate surface area is 113 Å². The van der Waals surface area contributed by atoms with Gasteiger partial charge < -0.3 is 15.4 Å². The molecule has 19 heavy (non-hydrogen) atoms. The molecule has 5 nitrogen and oxygen atoms in total. The average Bonchev–Trinajstić information content (AvgIpc) is 2.43. The topological polar surface area (TPSA) is 67.4 Å². The van der Waals surface area contributed by atoms with Gasteiger partial charge in [0.25, 0.3) is 0 Å². The Kier molecular flexibility index (Phi) is 6.60. The van der Waals surface area contributed by atoms with Crippen molar-refractivity contribution in [2.75, 3.05) is 25.5 Å². The molecule has 0 saturated carbocycles. The lowest BCUT2D eigenvalue weighted by Gasteiger charge is -2.06. The number of carbonyl (C=O) groups is 2. The zero-order chi connectivity index (χ0) is 14.1. The molecule has 0 radical (unpaired) electrons. The predicted molar refractivity (Wildman–Crippen MR) is 74.2 cm³/mol. The van der Waals surface area contributed by atoms with Crippen molar-refractivity contribution < 1.29 is 14.3 Å². The molecule has 1 rings (SSSR count). The van der Waals surface area contributed by atoms with E-state index >= 15 is 0 Å². The first-order chi connectivity index (χ1) is 9.17. The highest BCUT2D eigenvalue weighted by Gasteiger charge is 2.06. The van der Waals surface area contributed by atoms with Crippen molar-refractivity contribution in [3.05, 3.63) is 29.8 Å². The summed E-state index contributed by atoms with van der Waals surface area (Å²) in [5.74, 6) is -0.434. The Balaban J connectivity index is 2.40. The lowest BCUT2D eigenvalue weighted by Crippen LogP contribution is -2.22. The van der Waals surface area contributed by atoms with Crippen LogP contribution in [0.1, 0.15) is 30.1 Å². The average molecular weight is 264 g/mol. The highest BCUT2D eigenvalue weighted by molar-refractivity contribution is 5.93. The van der Waals surface area contributed by atoms with Crippen LogP contribution in [0.4, 0.5) is 5.69 Å². The minimum absolute atomic E-state index is 0.0468. The molecule has 0 unspecified atom stereocenters. The fourth-order valence-electron chi connectivity index (χ4n) is 1.53. The van der Waals surface area contributed by atoms with Crippen molar-refractivity contribution in [1.29, 1.82) is 0 Å². The number of carbonyl (C=O) groups excluding carboxylic acids is 2. The summed E-state index contributed by atoms with van der Waals surface area (Å²) in [6.07, 6.45) is 1.48. The van der Waals surface area contributed by atoms with Crippen LogP contribution in [0.2, 0.25) is 0 Å². The molecule has 0 saturated heterocycles. The van der Waals surface area contributed by atoms with Crippen molar-refractivity contribution in [2.24, 2.45) is 0 Å². The van der Waals surface area contributed by atoms with Crippen molar-refractivity contribution in [3.8, 4) is 0 Å². The standard InChI is InChI=1S/C14H20N2O3/c1-3-9-15-10-8-13(17)16-12-6-4-11(5-7-12)14(18)19-2/h4-7,15H,3,8-10H2,1-2H3,(H,16,17). The Bertz CT molecular complexity index is 415. The van der Waals surface area contributed by atoms with Gasteiger partial charge in [-0.25, -0.2) is 4.79 Å². The zero-order valence-electron chi connectivity index (χ0n) is 11.4. The first-order valence-corrected chi connectivity index (χ1v) is 6.36. The molecule has 0 bridgehead atoms. The van der Waals surface area contributed by atoms with Gasteiger partial charge in [0.15, 0.2) is 0 Å². The Morgan fingerprint density at radius 2 is 1.84 bits per heavy atom. The molecule has 0 aliphatic carbocycles. The predicted octanol–water partition coefficient (Wildman–Crippen LogP) is 1.80. The van der Waals surface area contributed by atoms with E-state index in [1.165, 1.54) is 7.11 Å². The summed E-state index contributed by atoms with van der Waals surface area (Å²) in [5.41, 5.74) is 1.14. The molecule has 2 N–H and O–H groups in total. The Morgan fingerprint density at radius 1 is 1.16 bits per heavy atom. The summed E-state index contributed by atoms with van der Waals surface area (Å²) in [7, 11) is 1.33. The van der Waals surface area contributed by atoms with Crippen molar-refractivity contribution in [3.63, 3.8) is 0 Å². The minimum Gasteiger partial charge on any atom is -0.465 e. The van der Waals surface area contributed by atoms with E-state index in [2.05, 4.69) is 22.3 Å². The molecule has 5 heteroatoms. The van der Waals surface area contributed by atoms with E-state index in [1.54, 1.807) is 24.3 Å². The summed E-state index contributed by atoms with van der Waals surface area (Å²) >= 11 is 0. The second-order valence-corrected chi connectivity index (χ2v) is 4.12. The highest BCUT2D eigenvalue weighted by Crippen LogP contribution is 2.10. The van der Waals surface area contributed by atoms with Gasteiger partial charge in [-0.1, -0.05) is 6.92 Å². The summed E-state index contributed by atoms with van der Waals surface area (Å²) in [6, 6.07) is 6.61. The maximum Gasteiger partial charge on any atom is 0.337 e. The number of methoxy groups -OCH3 is 1. The molecule has 0 aromatic heterocycles.